The molecule has 11 heteroatoms. The molecule has 2 aromatic heterocycles. The fraction of sp³-hybridized carbons (Fsp3) is 0.421. The molecule has 1 aromatic carbocycles. The number of ether oxygens (including phenoxy) is 1. The molecule has 0 spiro atoms. The lowest BCUT2D eigenvalue weighted by molar-refractivity contribution is 0.0910. The first-order valence-electron chi connectivity index (χ1n) is 9.29. The van der Waals surface area contributed by atoms with E-state index in [1.54, 1.807) is 6.07 Å². The Morgan fingerprint density at radius 1 is 1.23 bits per heavy atom. The fourth-order valence-corrected chi connectivity index (χ4v) is 3.80. The van der Waals surface area contributed by atoms with Crippen LogP contribution >= 0.6 is 11.8 Å². The molecule has 162 valence electrons. The van der Waals surface area contributed by atoms with Crippen molar-refractivity contribution in [1.29, 1.82) is 0 Å². The molecule has 4 N–H and O–H groups in total. The number of aliphatic hydroxyl groups is 3. The largest absolute Gasteiger partial charge is 0.491 e. The van der Waals surface area contributed by atoms with E-state index in [1.807, 2.05) is 25.1 Å². The van der Waals surface area contributed by atoms with Gasteiger partial charge in [-0.1, -0.05) is 30.0 Å². The lowest BCUT2D eigenvalue weighted by Gasteiger charge is -2.16. The van der Waals surface area contributed by atoms with Gasteiger partial charge in [-0.15, -0.1) is 0 Å². The van der Waals surface area contributed by atoms with Gasteiger partial charge in [0.1, 0.15) is 18.5 Å². The molecule has 0 fully saturated rings. The van der Waals surface area contributed by atoms with Crippen LogP contribution in [-0.4, -0.2) is 65.6 Å². The Bertz CT molecular complexity index is 1140. The van der Waals surface area contributed by atoms with E-state index >= 15 is 0 Å². The summed E-state index contributed by atoms with van der Waals surface area (Å²) in [7, 11) is 1.48. The van der Waals surface area contributed by atoms with Crippen molar-refractivity contribution in [3.05, 3.63) is 50.7 Å². The number of hydrogen-bond acceptors (Lipinski definition) is 8. The summed E-state index contributed by atoms with van der Waals surface area (Å²) in [6.07, 6.45) is -1.94. The Balaban J connectivity index is 1.90. The molecular formula is C19H24N4O6S. The maximum Gasteiger partial charge on any atom is 0.329 e. The van der Waals surface area contributed by atoms with E-state index in [9.17, 15) is 19.8 Å². The molecule has 0 aliphatic rings. The zero-order chi connectivity index (χ0) is 21.8. The van der Waals surface area contributed by atoms with Crippen molar-refractivity contribution in [2.75, 3.05) is 19.0 Å². The molecule has 2 heterocycles. The lowest BCUT2D eigenvalue weighted by atomic mass is 10.2. The number of nitrogens with zero attached hydrogens (tertiary/aromatic N) is 3. The number of imidazole rings is 1. The van der Waals surface area contributed by atoms with Gasteiger partial charge in [-0.2, -0.15) is 0 Å². The van der Waals surface area contributed by atoms with Gasteiger partial charge in [-0.25, -0.2) is 9.78 Å². The quantitative estimate of drug-likeness (QED) is 0.333. The third kappa shape index (κ3) is 4.75. The SMILES string of the molecule is Cc1ccccc1OC[C@@H](O)Cn1c(SC[C@H](O)CO)nc2c1c(=O)[nH]c(=O)n2C. The van der Waals surface area contributed by atoms with E-state index < -0.39 is 30.1 Å². The number of aromatic amines is 1. The average molecular weight is 436 g/mol. The van der Waals surface area contributed by atoms with Gasteiger partial charge in [0.25, 0.3) is 5.56 Å². The van der Waals surface area contributed by atoms with Gasteiger partial charge >= 0.3 is 5.69 Å². The van der Waals surface area contributed by atoms with Crippen molar-refractivity contribution >= 4 is 22.9 Å². The van der Waals surface area contributed by atoms with E-state index in [1.165, 1.54) is 16.2 Å². The Kier molecular flexibility index (Phi) is 6.98. The number of thioether (sulfide) groups is 1. The van der Waals surface area contributed by atoms with Gasteiger partial charge in [0.15, 0.2) is 16.3 Å². The topological polar surface area (TPSA) is 143 Å². The predicted octanol–water partition coefficient (Wildman–Crippen LogP) is -0.383. The Morgan fingerprint density at radius 2 is 1.97 bits per heavy atom. The monoisotopic (exact) mass is 436 g/mol. The minimum atomic E-state index is -0.973. The number of aliphatic hydroxyl groups excluding tert-OH is 3. The minimum absolute atomic E-state index is 0.0127. The molecule has 0 radical (unpaired) electrons. The molecule has 0 saturated heterocycles. The molecule has 0 unspecified atom stereocenters. The van der Waals surface area contributed by atoms with Gasteiger partial charge in [0, 0.05) is 12.8 Å². The first kappa shape index (κ1) is 22.1. The highest BCUT2D eigenvalue weighted by atomic mass is 32.2. The summed E-state index contributed by atoms with van der Waals surface area (Å²) in [5, 5.41) is 29.6. The van der Waals surface area contributed by atoms with Crippen LogP contribution in [-0.2, 0) is 13.6 Å². The number of para-hydroxylation sites is 1. The van der Waals surface area contributed by atoms with Gasteiger partial charge in [-0.05, 0) is 18.6 Å². The van der Waals surface area contributed by atoms with E-state index in [4.69, 9.17) is 9.84 Å². The Labute approximate surface area is 175 Å². The summed E-state index contributed by atoms with van der Waals surface area (Å²) in [6.45, 7) is 1.45. The van der Waals surface area contributed by atoms with Crippen molar-refractivity contribution < 1.29 is 20.1 Å². The van der Waals surface area contributed by atoms with Gasteiger partial charge in [0.05, 0.1) is 19.3 Å². The van der Waals surface area contributed by atoms with Gasteiger partial charge < -0.3 is 24.6 Å². The maximum absolute atomic E-state index is 12.4. The molecule has 30 heavy (non-hydrogen) atoms. The fourth-order valence-electron chi connectivity index (χ4n) is 2.89. The summed E-state index contributed by atoms with van der Waals surface area (Å²) < 4.78 is 8.38. The lowest BCUT2D eigenvalue weighted by Crippen LogP contribution is -2.30. The van der Waals surface area contributed by atoms with Crippen molar-refractivity contribution in [2.24, 2.45) is 7.05 Å². The molecule has 0 aliphatic heterocycles. The zero-order valence-corrected chi connectivity index (χ0v) is 17.4. The number of H-pyrrole nitrogens is 1. The number of fused-ring (bicyclic) bond motifs is 1. The minimum Gasteiger partial charge on any atom is -0.491 e. The number of hydrogen-bond donors (Lipinski definition) is 4. The first-order chi connectivity index (χ1) is 14.3. The zero-order valence-electron chi connectivity index (χ0n) is 16.6. The molecular weight excluding hydrogens is 412 g/mol. The summed E-state index contributed by atoms with van der Waals surface area (Å²) in [4.78, 5) is 30.9. The highest BCUT2D eigenvalue weighted by molar-refractivity contribution is 7.99. The van der Waals surface area contributed by atoms with Gasteiger partial charge in [0.2, 0.25) is 0 Å². The maximum atomic E-state index is 12.4. The Hall–Kier alpha value is -2.60. The van der Waals surface area contributed by atoms with Crippen LogP contribution < -0.4 is 16.0 Å². The van der Waals surface area contributed by atoms with Crippen LogP contribution in [0.25, 0.3) is 11.2 Å². The molecule has 0 amide bonds. The van der Waals surface area contributed by atoms with Crippen LogP contribution in [0.5, 0.6) is 5.75 Å². The third-order valence-corrected chi connectivity index (χ3v) is 5.63. The molecule has 3 rings (SSSR count). The second kappa shape index (κ2) is 9.47. The van der Waals surface area contributed by atoms with Crippen molar-refractivity contribution in [2.45, 2.75) is 30.8 Å². The van der Waals surface area contributed by atoms with E-state index in [-0.39, 0.29) is 30.1 Å². The molecule has 2 atom stereocenters. The highest BCUT2D eigenvalue weighted by Crippen LogP contribution is 2.23. The summed E-state index contributed by atoms with van der Waals surface area (Å²) in [5.41, 5.74) is -0.00189. The number of benzene rings is 1. The molecule has 10 nitrogen and oxygen atoms in total. The van der Waals surface area contributed by atoms with E-state index in [0.29, 0.717) is 10.9 Å². The smallest absolute Gasteiger partial charge is 0.329 e. The van der Waals surface area contributed by atoms with Gasteiger partial charge in [-0.3, -0.25) is 14.3 Å². The van der Waals surface area contributed by atoms with Crippen LogP contribution in [0.3, 0.4) is 0 Å². The normalized spacial score (nSPS) is 13.5. The summed E-state index contributed by atoms with van der Waals surface area (Å²) >= 11 is 1.11. The van der Waals surface area contributed by atoms with Crippen molar-refractivity contribution in [3.63, 3.8) is 0 Å². The molecule has 0 bridgehead atoms. The standard InChI is InChI=1S/C19H24N4O6S/c1-11-5-3-4-6-14(11)29-9-12(25)7-23-15-16(22(2)18(28)21-17(15)27)20-19(23)30-10-13(26)8-24/h3-6,12-13,24-26H,7-10H2,1-2H3,(H,21,27,28)/t12-,13+/m0/s1. The number of aryl methyl sites for hydroxylation is 2. The second-order valence-electron chi connectivity index (χ2n) is 6.87. The molecule has 0 saturated carbocycles. The van der Waals surface area contributed by atoms with Crippen LogP contribution in [0.15, 0.2) is 39.0 Å². The van der Waals surface area contributed by atoms with Crippen LogP contribution in [0.4, 0.5) is 0 Å². The Morgan fingerprint density at radius 3 is 2.67 bits per heavy atom. The molecule has 3 aromatic rings. The number of rotatable bonds is 9. The third-order valence-electron chi connectivity index (χ3n) is 4.51. The second-order valence-corrected chi connectivity index (χ2v) is 7.86. The number of aromatic nitrogens is 4. The summed E-state index contributed by atoms with van der Waals surface area (Å²) in [6, 6.07) is 7.41. The summed E-state index contributed by atoms with van der Waals surface area (Å²) in [5.74, 6) is 0.773. The van der Waals surface area contributed by atoms with Crippen LogP contribution in [0.1, 0.15) is 5.56 Å². The van der Waals surface area contributed by atoms with Crippen LogP contribution in [0.2, 0.25) is 0 Å². The van der Waals surface area contributed by atoms with E-state index in [2.05, 4.69) is 9.97 Å². The number of nitrogens with one attached hydrogen (secondary N) is 1. The van der Waals surface area contributed by atoms with E-state index in [0.717, 1.165) is 17.3 Å². The predicted molar refractivity (Wildman–Crippen MR) is 112 cm³/mol. The molecule has 0 aliphatic carbocycles. The highest BCUT2D eigenvalue weighted by Gasteiger charge is 2.21. The van der Waals surface area contributed by atoms with Crippen molar-refractivity contribution in [3.8, 4) is 5.75 Å². The van der Waals surface area contributed by atoms with Crippen molar-refractivity contribution in [1.82, 2.24) is 19.1 Å². The first-order valence-corrected chi connectivity index (χ1v) is 10.3. The van der Waals surface area contributed by atoms with Crippen LogP contribution in [0, 0.1) is 6.92 Å². The average Bonchev–Trinajstić information content (AvgIpc) is 3.08.